The van der Waals surface area contributed by atoms with Crippen molar-refractivity contribution >= 4 is 63.2 Å². The van der Waals surface area contributed by atoms with E-state index in [1.165, 1.54) is 19.1 Å². The number of amidine groups is 2. The molecule has 0 aliphatic carbocycles. The summed E-state index contributed by atoms with van der Waals surface area (Å²) in [4.78, 5) is 50.6. The number of thiophene rings is 1. The summed E-state index contributed by atoms with van der Waals surface area (Å²) in [5.41, 5.74) is 1.80. The molecule has 5 rings (SSSR count). The molecule has 2 N–H and O–H groups in total. The summed E-state index contributed by atoms with van der Waals surface area (Å²) in [5.74, 6) is 0.527. The van der Waals surface area contributed by atoms with Crippen LogP contribution in [0.2, 0.25) is 0 Å². The van der Waals surface area contributed by atoms with E-state index in [-0.39, 0.29) is 29.9 Å². The Kier molecular flexibility index (Phi) is 7.94. The first-order chi connectivity index (χ1) is 19.0. The van der Waals surface area contributed by atoms with Crippen molar-refractivity contribution in [2.75, 3.05) is 25.3 Å². The van der Waals surface area contributed by atoms with E-state index in [9.17, 15) is 14.4 Å². The minimum Gasteiger partial charge on any atom is -0.497 e. The lowest BCUT2D eigenvalue weighted by molar-refractivity contribution is -0.128. The lowest BCUT2D eigenvalue weighted by atomic mass is 10.1. The van der Waals surface area contributed by atoms with Crippen molar-refractivity contribution in [2.24, 2.45) is 9.98 Å². The summed E-state index contributed by atoms with van der Waals surface area (Å²) in [6.07, 6.45) is -0.0829. The number of carbonyl (C=O) groups excluding carboxylic acids is 3. The third-order valence-electron chi connectivity index (χ3n) is 5.98. The first-order valence-corrected chi connectivity index (χ1v) is 13.9. The van der Waals surface area contributed by atoms with E-state index in [1.54, 1.807) is 29.5 Å². The summed E-state index contributed by atoms with van der Waals surface area (Å²) < 4.78 is 10.6. The number of benzene rings is 2. The predicted octanol–water partition coefficient (Wildman–Crippen LogP) is 3.80. The number of amides is 3. The highest BCUT2D eigenvalue weighted by atomic mass is 32.2. The largest absolute Gasteiger partial charge is 0.497 e. The first kappa shape index (κ1) is 26.4. The average molecular weight is 564 g/mol. The highest BCUT2D eigenvalue weighted by Crippen LogP contribution is 2.34. The van der Waals surface area contributed by atoms with Gasteiger partial charge in [0, 0.05) is 16.5 Å². The SMILES string of the molecule is COc1ccc(OC)c(NC(=O)CSC2=Nc3ccccc3C3=NC(CC(=O)NCc4cccs4)C(=O)N23)c1. The second-order valence-electron chi connectivity index (χ2n) is 8.52. The zero-order valence-electron chi connectivity index (χ0n) is 21.2. The summed E-state index contributed by atoms with van der Waals surface area (Å²) in [5, 5.41) is 7.94. The van der Waals surface area contributed by atoms with Gasteiger partial charge in [-0.05, 0) is 35.7 Å². The van der Waals surface area contributed by atoms with Crippen molar-refractivity contribution in [3.8, 4) is 11.5 Å². The van der Waals surface area contributed by atoms with Gasteiger partial charge in [-0.3, -0.25) is 19.4 Å². The fourth-order valence-electron chi connectivity index (χ4n) is 4.11. The van der Waals surface area contributed by atoms with E-state index in [4.69, 9.17) is 9.47 Å². The molecule has 3 heterocycles. The number of aliphatic imine (C=N–C) groups is 2. The van der Waals surface area contributed by atoms with Crippen LogP contribution in [0.4, 0.5) is 11.4 Å². The number of hydrogen-bond acceptors (Lipinski definition) is 9. The minimum atomic E-state index is -0.879. The van der Waals surface area contributed by atoms with Crippen LogP contribution in [0.5, 0.6) is 11.5 Å². The standard InChI is InChI=1S/C27H25N5O5S2/c1-36-16-9-10-22(37-2)20(12-16)29-24(34)15-39-27-31-19-8-4-3-7-18(19)25-30-21(26(35)32(25)27)13-23(33)28-14-17-6-5-11-38-17/h3-12,21H,13-15H2,1-2H3,(H,28,33)(H,29,34). The number of para-hydroxylation sites is 1. The highest BCUT2D eigenvalue weighted by Gasteiger charge is 2.42. The number of methoxy groups -OCH3 is 2. The average Bonchev–Trinajstić information content (AvgIpc) is 3.59. The molecule has 39 heavy (non-hydrogen) atoms. The Hall–Kier alpha value is -4.16. The molecule has 10 nitrogen and oxygen atoms in total. The molecular weight excluding hydrogens is 538 g/mol. The highest BCUT2D eigenvalue weighted by molar-refractivity contribution is 8.14. The topological polar surface area (TPSA) is 122 Å². The Morgan fingerprint density at radius 1 is 1.08 bits per heavy atom. The number of carbonyl (C=O) groups is 3. The van der Waals surface area contributed by atoms with Gasteiger partial charge in [0.25, 0.3) is 5.91 Å². The van der Waals surface area contributed by atoms with Crippen LogP contribution < -0.4 is 20.1 Å². The number of nitrogens with zero attached hydrogens (tertiary/aromatic N) is 3. The summed E-state index contributed by atoms with van der Waals surface area (Å²) in [6.45, 7) is 0.399. The van der Waals surface area contributed by atoms with Gasteiger partial charge in [-0.15, -0.1) is 11.3 Å². The summed E-state index contributed by atoms with van der Waals surface area (Å²) in [7, 11) is 3.05. The van der Waals surface area contributed by atoms with Gasteiger partial charge in [0.15, 0.2) is 5.17 Å². The number of hydrogen-bond donors (Lipinski definition) is 2. The Morgan fingerprint density at radius 2 is 1.92 bits per heavy atom. The Morgan fingerprint density at radius 3 is 2.69 bits per heavy atom. The molecule has 3 aromatic rings. The molecule has 3 amide bonds. The molecule has 2 aliphatic heterocycles. The predicted molar refractivity (Wildman–Crippen MR) is 152 cm³/mol. The van der Waals surface area contributed by atoms with Gasteiger partial charge in [0.1, 0.15) is 23.4 Å². The zero-order valence-corrected chi connectivity index (χ0v) is 22.8. The molecule has 2 aromatic carbocycles. The van der Waals surface area contributed by atoms with Gasteiger partial charge in [-0.1, -0.05) is 30.0 Å². The van der Waals surface area contributed by atoms with Gasteiger partial charge >= 0.3 is 0 Å². The lowest BCUT2D eigenvalue weighted by Crippen LogP contribution is -2.42. The van der Waals surface area contributed by atoms with Crippen LogP contribution in [0, 0.1) is 0 Å². The van der Waals surface area contributed by atoms with Crippen molar-refractivity contribution in [1.82, 2.24) is 10.2 Å². The molecule has 200 valence electrons. The number of nitrogens with one attached hydrogen (secondary N) is 2. The Labute approximate surface area is 233 Å². The molecule has 1 atom stereocenters. The molecule has 0 saturated heterocycles. The van der Waals surface area contributed by atoms with Crippen molar-refractivity contribution in [3.63, 3.8) is 0 Å². The molecule has 0 spiro atoms. The van der Waals surface area contributed by atoms with E-state index in [0.29, 0.717) is 46.0 Å². The Balaban J connectivity index is 1.29. The van der Waals surface area contributed by atoms with Gasteiger partial charge in [0.2, 0.25) is 11.8 Å². The lowest BCUT2D eigenvalue weighted by Gasteiger charge is -2.25. The van der Waals surface area contributed by atoms with E-state index >= 15 is 0 Å². The third-order valence-corrected chi connectivity index (χ3v) is 7.79. The Bertz CT molecular complexity index is 1470. The molecule has 0 saturated carbocycles. The van der Waals surface area contributed by atoms with E-state index < -0.39 is 6.04 Å². The zero-order chi connectivity index (χ0) is 27.4. The van der Waals surface area contributed by atoms with Crippen LogP contribution in [0.25, 0.3) is 0 Å². The number of anilines is 1. The van der Waals surface area contributed by atoms with Crippen LogP contribution in [0.3, 0.4) is 0 Å². The van der Waals surface area contributed by atoms with Crippen LogP contribution >= 0.6 is 23.1 Å². The number of fused-ring (bicyclic) bond motifs is 3. The fourth-order valence-corrected chi connectivity index (χ4v) is 5.55. The van der Waals surface area contributed by atoms with Gasteiger partial charge in [-0.2, -0.15) is 0 Å². The third kappa shape index (κ3) is 5.81. The molecule has 2 aliphatic rings. The van der Waals surface area contributed by atoms with Gasteiger partial charge in [-0.25, -0.2) is 9.89 Å². The second-order valence-corrected chi connectivity index (χ2v) is 10.5. The van der Waals surface area contributed by atoms with Gasteiger partial charge in [0.05, 0.1) is 44.3 Å². The normalized spacial score (nSPS) is 15.6. The van der Waals surface area contributed by atoms with E-state index in [2.05, 4.69) is 20.6 Å². The summed E-state index contributed by atoms with van der Waals surface area (Å²) in [6, 6.07) is 15.4. The quantitative estimate of drug-likeness (QED) is 0.409. The second kappa shape index (κ2) is 11.7. The van der Waals surface area contributed by atoms with Crippen LogP contribution in [0.15, 0.2) is 70.0 Å². The van der Waals surface area contributed by atoms with Crippen molar-refractivity contribution < 1.29 is 23.9 Å². The van der Waals surface area contributed by atoms with Crippen LogP contribution in [0.1, 0.15) is 16.9 Å². The fraction of sp³-hybridized carbons (Fsp3) is 0.222. The molecule has 0 radical (unpaired) electrons. The van der Waals surface area contributed by atoms with Crippen LogP contribution in [-0.2, 0) is 20.9 Å². The minimum absolute atomic E-state index is 0.0234. The maximum absolute atomic E-state index is 13.4. The molecular formula is C27H25N5O5S2. The first-order valence-electron chi connectivity index (χ1n) is 12.0. The molecule has 0 fully saturated rings. The van der Waals surface area contributed by atoms with Gasteiger partial charge < -0.3 is 20.1 Å². The molecule has 0 bridgehead atoms. The number of ether oxygens (including phenoxy) is 2. The summed E-state index contributed by atoms with van der Waals surface area (Å²) >= 11 is 2.66. The molecule has 1 aromatic heterocycles. The molecule has 1 unspecified atom stereocenters. The van der Waals surface area contributed by atoms with Crippen molar-refractivity contribution in [1.29, 1.82) is 0 Å². The number of thioether (sulfide) groups is 1. The van der Waals surface area contributed by atoms with Crippen molar-refractivity contribution in [3.05, 3.63) is 70.4 Å². The van der Waals surface area contributed by atoms with E-state index in [0.717, 1.165) is 16.6 Å². The molecule has 12 heteroatoms. The maximum Gasteiger partial charge on any atom is 0.259 e. The maximum atomic E-state index is 13.4. The van der Waals surface area contributed by atoms with E-state index in [1.807, 2.05) is 41.8 Å². The number of rotatable bonds is 9. The monoisotopic (exact) mass is 563 g/mol. The smallest absolute Gasteiger partial charge is 0.259 e. The van der Waals surface area contributed by atoms with Crippen LogP contribution in [-0.4, -0.2) is 59.6 Å². The van der Waals surface area contributed by atoms with Crippen molar-refractivity contribution in [2.45, 2.75) is 19.0 Å².